The molecule has 0 radical (unpaired) electrons. The lowest BCUT2D eigenvalue weighted by Gasteiger charge is -2.04. The van der Waals surface area contributed by atoms with E-state index in [1.165, 1.54) is 0 Å². The summed E-state index contributed by atoms with van der Waals surface area (Å²) in [4.78, 5) is 14.9. The van der Waals surface area contributed by atoms with Crippen LogP contribution in [0.2, 0.25) is 0 Å². The summed E-state index contributed by atoms with van der Waals surface area (Å²) in [6.07, 6.45) is 3.39. The number of nitrogens with zero attached hydrogens (tertiary/aromatic N) is 1. The Hall–Kier alpha value is -2.16. The van der Waals surface area contributed by atoms with Crippen LogP contribution in [0.25, 0.3) is 11.1 Å². The van der Waals surface area contributed by atoms with E-state index >= 15 is 0 Å². The number of aryl methyl sites for hydroxylation is 1. The molecule has 0 amide bonds. The minimum Gasteiger partial charge on any atom is -0.478 e. The number of carboxylic acids is 1. The summed E-state index contributed by atoms with van der Waals surface area (Å²) >= 11 is 0. The van der Waals surface area contributed by atoms with E-state index in [0.717, 1.165) is 16.7 Å². The molecule has 2 rings (SSSR count). The van der Waals surface area contributed by atoms with Crippen LogP contribution in [-0.4, -0.2) is 16.1 Å². The highest BCUT2D eigenvalue weighted by atomic mass is 16.4. The second kappa shape index (κ2) is 4.14. The molecule has 1 heterocycles. The Labute approximate surface area is 93.4 Å². The monoisotopic (exact) mass is 213 g/mol. The topological polar surface area (TPSA) is 50.2 Å². The second-order valence-electron chi connectivity index (χ2n) is 3.63. The molecule has 1 aromatic carbocycles. The Bertz CT molecular complexity index is 521. The van der Waals surface area contributed by atoms with E-state index in [0.29, 0.717) is 5.56 Å². The fraction of sp³-hybridized carbons (Fsp3) is 0.0769. The van der Waals surface area contributed by atoms with Crippen LogP contribution >= 0.6 is 0 Å². The fourth-order valence-corrected chi connectivity index (χ4v) is 1.62. The van der Waals surface area contributed by atoms with Gasteiger partial charge in [0.1, 0.15) is 0 Å². The van der Waals surface area contributed by atoms with Crippen molar-refractivity contribution in [3.63, 3.8) is 0 Å². The van der Waals surface area contributed by atoms with Crippen molar-refractivity contribution in [1.29, 1.82) is 0 Å². The molecular formula is C13H11NO2. The summed E-state index contributed by atoms with van der Waals surface area (Å²) < 4.78 is 0. The first kappa shape index (κ1) is 10.4. The summed E-state index contributed by atoms with van der Waals surface area (Å²) in [5.74, 6) is -0.904. The van der Waals surface area contributed by atoms with Crippen molar-refractivity contribution in [1.82, 2.24) is 4.98 Å². The summed E-state index contributed by atoms with van der Waals surface area (Å²) in [6.45, 7) is 1.89. The first-order valence-electron chi connectivity index (χ1n) is 4.92. The number of benzene rings is 1. The van der Waals surface area contributed by atoms with Gasteiger partial charge in [-0.05, 0) is 47.9 Å². The Morgan fingerprint density at radius 3 is 2.44 bits per heavy atom. The van der Waals surface area contributed by atoms with Gasteiger partial charge in [-0.3, -0.25) is 4.98 Å². The molecule has 0 aliphatic heterocycles. The number of carboxylic acid groups (broad SMARTS) is 1. The molecule has 0 fully saturated rings. The molecule has 2 aromatic rings. The van der Waals surface area contributed by atoms with Crippen molar-refractivity contribution in [3.05, 3.63) is 53.9 Å². The van der Waals surface area contributed by atoms with Gasteiger partial charge in [-0.2, -0.15) is 0 Å². The zero-order chi connectivity index (χ0) is 11.5. The Morgan fingerprint density at radius 2 is 1.81 bits per heavy atom. The second-order valence-corrected chi connectivity index (χ2v) is 3.63. The van der Waals surface area contributed by atoms with Crippen molar-refractivity contribution < 1.29 is 9.90 Å². The van der Waals surface area contributed by atoms with Gasteiger partial charge in [0, 0.05) is 12.4 Å². The minimum atomic E-state index is -0.904. The first-order chi connectivity index (χ1) is 7.66. The number of aromatic nitrogens is 1. The number of carbonyl (C=O) groups is 1. The molecule has 16 heavy (non-hydrogen) atoms. The molecular weight excluding hydrogens is 202 g/mol. The van der Waals surface area contributed by atoms with Crippen LogP contribution in [-0.2, 0) is 0 Å². The van der Waals surface area contributed by atoms with Gasteiger partial charge in [0.2, 0.25) is 0 Å². The van der Waals surface area contributed by atoms with Crippen LogP contribution in [0.3, 0.4) is 0 Å². The van der Waals surface area contributed by atoms with Gasteiger partial charge in [-0.25, -0.2) is 4.79 Å². The maximum atomic E-state index is 10.9. The summed E-state index contributed by atoms with van der Waals surface area (Å²) in [6, 6.07) is 9.01. The van der Waals surface area contributed by atoms with Crippen molar-refractivity contribution >= 4 is 5.97 Å². The van der Waals surface area contributed by atoms with E-state index < -0.39 is 5.97 Å². The quantitative estimate of drug-likeness (QED) is 0.834. The van der Waals surface area contributed by atoms with Gasteiger partial charge < -0.3 is 5.11 Å². The van der Waals surface area contributed by atoms with Gasteiger partial charge >= 0.3 is 5.97 Å². The summed E-state index contributed by atoms with van der Waals surface area (Å²) in [7, 11) is 0. The molecule has 1 N–H and O–H groups in total. The molecule has 0 unspecified atom stereocenters. The first-order valence-corrected chi connectivity index (χ1v) is 4.92. The zero-order valence-electron chi connectivity index (χ0n) is 8.84. The molecule has 0 spiro atoms. The highest BCUT2D eigenvalue weighted by Gasteiger charge is 2.06. The lowest BCUT2D eigenvalue weighted by molar-refractivity contribution is 0.0697. The Morgan fingerprint density at radius 1 is 1.12 bits per heavy atom. The molecule has 0 saturated carbocycles. The third kappa shape index (κ3) is 2.08. The summed E-state index contributed by atoms with van der Waals surface area (Å²) in [5.41, 5.74) is 3.12. The van der Waals surface area contributed by atoms with Gasteiger partial charge in [-0.1, -0.05) is 6.07 Å². The highest BCUT2D eigenvalue weighted by molar-refractivity contribution is 5.89. The molecule has 1 aromatic heterocycles. The standard InChI is InChI=1S/C13H11NO2/c1-9-6-11(8-12(7-9)13(15)16)10-2-4-14-5-3-10/h2-8H,1H3,(H,15,16). The third-order valence-electron chi connectivity index (χ3n) is 2.34. The molecule has 3 nitrogen and oxygen atoms in total. The average molecular weight is 213 g/mol. The maximum absolute atomic E-state index is 10.9. The van der Waals surface area contributed by atoms with Crippen molar-refractivity contribution in [3.8, 4) is 11.1 Å². The molecule has 0 aliphatic rings. The normalized spacial score (nSPS) is 10.1. The van der Waals surface area contributed by atoms with Gasteiger partial charge in [0.05, 0.1) is 5.56 Å². The van der Waals surface area contributed by atoms with Crippen LogP contribution in [0.1, 0.15) is 15.9 Å². The lowest BCUT2D eigenvalue weighted by atomic mass is 10.0. The number of pyridine rings is 1. The predicted octanol–water partition coefficient (Wildman–Crippen LogP) is 2.76. The van der Waals surface area contributed by atoms with Crippen LogP contribution < -0.4 is 0 Å². The van der Waals surface area contributed by atoms with Crippen LogP contribution in [0.5, 0.6) is 0 Å². The average Bonchev–Trinajstić information content (AvgIpc) is 2.29. The van der Waals surface area contributed by atoms with Crippen molar-refractivity contribution in [2.45, 2.75) is 6.92 Å². The van der Waals surface area contributed by atoms with Crippen LogP contribution in [0.15, 0.2) is 42.7 Å². The lowest BCUT2D eigenvalue weighted by Crippen LogP contribution is -1.97. The van der Waals surface area contributed by atoms with Crippen LogP contribution in [0.4, 0.5) is 0 Å². The van der Waals surface area contributed by atoms with E-state index in [2.05, 4.69) is 4.98 Å². The van der Waals surface area contributed by atoms with E-state index in [1.54, 1.807) is 24.5 Å². The van der Waals surface area contributed by atoms with Crippen LogP contribution in [0, 0.1) is 6.92 Å². The number of aromatic carboxylic acids is 1. The third-order valence-corrected chi connectivity index (χ3v) is 2.34. The summed E-state index contributed by atoms with van der Waals surface area (Å²) in [5, 5.41) is 8.97. The molecule has 0 aliphatic carbocycles. The molecule has 3 heteroatoms. The molecule has 80 valence electrons. The van der Waals surface area contributed by atoms with E-state index in [4.69, 9.17) is 5.11 Å². The molecule has 0 bridgehead atoms. The van der Waals surface area contributed by atoms with Crippen molar-refractivity contribution in [2.24, 2.45) is 0 Å². The number of hydrogen-bond donors (Lipinski definition) is 1. The van der Waals surface area contributed by atoms with Crippen molar-refractivity contribution in [2.75, 3.05) is 0 Å². The van der Waals surface area contributed by atoms with Gasteiger partial charge in [-0.15, -0.1) is 0 Å². The smallest absolute Gasteiger partial charge is 0.335 e. The SMILES string of the molecule is Cc1cc(C(=O)O)cc(-c2ccncc2)c1. The zero-order valence-corrected chi connectivity index (χ0v) is 8.84. The largest absolute Gasteiger partial charge is 0.478 e. The minimum absolute atomic E-state index is 0.312. The van der Waals surface area contributed by atoms with E-state index in [9.17, 15) is 4.79 Å². The predicted molar refractivity (Wildman–Crippen MR) is 61.4 cm³/mol. The Kier molecular flexibility index (Phi) is 2.68. The van der Waals surface area contributed by atoms with Gasteiger partial charge in [0.25, 0.3) is 0 Å². The highest BCUT2D eigenvalue weighted by Crippen LogP contribution is 2.21. The molecule has 0 saturated heterocycles. The molecule has 0 atom stereocenters. The van der Waals surface area contributed by atoms with E-state index in [-0.39, 0.29) is 0 Å². The fourth-order valence-electron chi connectivity index (χ4n) is 1.62. The van der Waals surface area contributed by atoms with Gasteiger partial charge in [0.15, 0.2) is 0 Å². The van der Waals surface area contributed by atoms with E-state index in [1.807, 2.05) is 25.1 Å². The number of rotatable bonds is 2. The Balaban J connectivity index is 2.54. The maximum Gasteiger partial charge on any atom is 0.335 e. The number of hydrogen-bond acceptors (Lipinski definition) is 2.